The van der Waals surface area contributed by atoms with Crippen molar-refractivity contribution in [3.63, 3.8) is 0 Å². The van der Waals surface area contributed by atoms with E-state index < -0.39 is 73.9 Å². The van der Waals surface area contributed by atoms with E-state index >= 15 is 0 Å². The first-order valence-electron chi connectivity index (χ1n) is 16.6. The number of halogens is 6. The highest BCUT2D eigenvalue weighted by atomic mass is 32.2. The molecule has 5 aromatic carbocycles. The first-order valence-corrected chi connectivity index (χ1v) is 19.6. The van der Waals surface area contributed by atoms with Gasteiger partial charge >= 0.3 is 12.4 Å². The van der Waals surface area contributed by atoms with Crippen molar-refractivity contribution in [2.75, 3.05) is 0 Å². The van der Waals surface area contributed by atoms with Crippen LogP contribution in [-0.2, 0) is 32.0 Å². The molecule has 5 aromatic rings. The van der Waals surface area contributed by atoms with Crippen molar-refractivity contribution in [1.29, 1.82) is 21.0 Å². The third-order valence-electron chi connectivity index (χ3n) is 9.74. The fourth-order valence-electron chi connectivity index (χ4n) is 7.23. The fraction of sp³-hybridized carbons (Fsp3) is 0.0952. The van der Waals surface area contributed by atoms with E-state index in [0.29, 0.717) is 34.4 Å². The van der Waals surface area contributed by atoms with Crippen molar-refractivity contribution in [1.82, 2.24) is 0 Å². The van der Waals surface area contributed by atoms with Crippen molar-refractivity contribution in [3.8, 4) is 46.5 Å². The summed E-state index contributed by atoms with van der Waals surface area (Å²) < 4.78 is 137. The lowest BCUT2D eigenvalue weighted by molar-refractivity contribution is -0.138. The summed E-state index contributed by atoms with van der Waals surface area (Å²) in [6, 6.07) is 22.3. The third kappa shape index (κ3) is 6.20. The van der Waals surface area contributed by atoms with Gasteiger partial charge in [-0.05, 0) is 142 Å². The summed E-state index contributed by atoms with van der Waals surface area (Å²) in [7, 11) is -9.23. The summed E-state index contributed by atoms with van der Waals surface area (Å²) in [6.45, 7) is 2.61. The average molecular weight is 823 g/mol. The van der Waals surface area contributed by atoms with Crippen LogP contribution >= 0.6 is 0 Å². The number of sulfone groups is 2. The van der Waals surface area contributed by atoms with E-state index in [-0.39, 0.29) is 44.5 Å². The standard InChI is InChI=1S/C42H20F6N4O4S2/c1-21-7-25(41(43,44)45)11-29(9-21)57(53,54)27-3-5-31-33-15-34-32-6-4-28(58(55,56)30-10-22(2)8-26(12-30)42(46,47)48)14-36(32)40(24(19-51)20-52)38(34)16-37(33)39(35(31)13-27)23(17-49)18-50/h3-16H,1-2H3. The molecule has 0 bridgehead atoms. The molecule has 0 heterocycles. The van der Waals surface area contributed by atoms with E-state index in [1.54, 1.807) is 30.3 Å². The maximum atomic E-state index is 13.8. The summed E-state index contributed by atoms with van der Waals surface area (Å²) in [5, 5.41) is 40.2. The minimum atomic E-state index is -4.85. The molecule has 0 saturated carbocycles. The molecule has 2 aliphatic carbocycles. The minimum absolute atomic E-state index is 0.0297. The van der Waals surface area contributed by atoms with Gasteiger partial charge in [-0.3, -0.25) is 0 Å². The summed E-state index contributed by atoms with van der Waals surface area (Å²) in [5.41, 5.74) is -1.51. The summed E-state index contributed by atoms with van der Waals surface area (Å²) in [4.78, 5) is -2.16. The van der Waals surface area contributed by atoms with Gasteiger partial charge in [0.25, 0.3) is 0 Å². The van der Waals surface area contributed by atoms with Crippen LogP contribution < -0.4 is 0 Å². The van der Waals surface area contributed by atoms with E-state index in [0.717, 1.165) is 48.5 Å². The van der Waals surface area contributed by atoms with Gasteiger partial charge in [0.2, 0.25) is 19.7 Å². The first-order chi connectivity index (χ1) is 27.1. The van der Waals surface area contributed by atoms with Crippen LogP contribution in [0.5, 0.6) is 0 Å². The number of benzene rings is 5. The number of alkyl halides is 6. The Morgan fingerprint density at radius 1 is 0.431 bits per heavy atom. The maximum absolute atomic E-state index is 13.8. The van der Waals surface area contributed by atoms with Crippen LogP contribution in [0, 0.1) is 59.2 Å². The van der Waals surface area contributed by atoms with Crippen LogP contribution in [0.4, 0.5) is 26.3 Å². The van der Waals surface area contributed by atoms with Gasteiger partial charge < -0.3 is 0 Å². The zero-order valence-electron chi connectivity index (χ0n) is 29.6. The Bertz CT molecular complexity index is 2950. The van der Waals surface area contributed by atoms with Crippen molar-refractivity contribution < 1.29 is 43.2 Å². The molecule has 7 rings (SSSR count). The topological polar surface area (TPSA) is 163 Å². The Morgan fingerprint density at radius 2 is 0.759 bits per heavy atom. The summed E-state index contributed by atoms with van der Waals surface area (Å²) in [6.07, 6.45) is -9.69. The van der Waals surface area contributed by atoms with Gasteiger partial charge in [0.1, 0.15) is 35.4 Å². The van der Waals surface area contributed by atoms with Gasteiger partial charge in [-0.1, -0.05) is 12.1 Å². The lowest BCUT2D eigenvalue weighted by Gasteiger charge is -2.12. The summed E-state index contributed by atoms with van der Waals surface area (Å²) >= 11 is 0. The van der Waals surface area contributed by atoms with Crippen LogP contribution in [0.15, 0.2) is 116 Å². The van der Waals surface area contributed by atoms with Gasteiger partial charge in [0, 0.05) is 11.1 Å². The Kier molecular flexibility index (Phi) is 9.01. The second kappa shape index (κ2) is 13.3. The highest BCUT2D eigenvalue weighted by molar-refractivity contribution is 7.91. The molecule has 0 atom stereocenters. The maximum Gasteiger partial charge on any atom is 0.416 e. The van der Waals surface area contributed by atoms with Crippen molar-refractivity contribution >= 4 is 30.8 Å². The molecule has 0 saturated heterocycles. The molecule has 0 radical (unpaired) electrons. The molecule has 2 aliphatic rings. The quantitative estimate of drug-likeness (QED) is 0.125. The van der Waals surface area contributed by atoms with Gasteiger partial charge in [-0.25, -0.2) is 16.8 Å². The number of rotatable bonds is 4. The van der Waals surface area contributed by atoms with Crippen LogP contribution in [0.25, 0.3) is 33.4 Å². The van der Waals surface area contributed by atoms with E-state index in [9.17, 15) is 64.2 Å². The second-order valence-electron chi connectivity index (χ2n) is 13.4. The normalized spacial score (nSPS) is 13.0. The Balaban J connectivity index is 1.44. The fourth-order valence-corrected chi connectivity index (χ4v) is 10.1. The first kappa shape index (κ1) is 39.3. The van der Waals surface area contributed by atoms with Crippen LogP contribution in [0.1, 0.15) is 44.5 Å². The number of hydrogen-bond donors (Lipinski definition) is 0. The molecule has 0 unspecified atom stereocenters. The van der Waals surface area contributed by atoms with E-state index in [2.05, 4.69) is 0 Å². The van der Waals surface area contributed by atoms with Gasteiger partial charge in [0.15, 0.2) is 0 Å². The predicted molar refractivity (Wildman–Crippen MR) is 195 cm³/mol. The highest BCUT2D eigenvalue weighted by Crippen LogP contribution is 2.54. The van der Waals surface area contributed by atoms with Crippen molar-refractivity contribution in [2.45, 2.75) is 45.8 Å². The predicted octanol–water partition coefficient (Wildman–Crippen LogP) is 9.67. The molecule has 8 nitrogen and oxygen atoms in total. The molecule has 0 spiro atoms. The number of nitrogens with zero attached hydrogens (tertiary/aromatic N) is 4. The number of hydrogen-bond acceptors (Lipinski definition) is 8. The molecule has 0 N–H and O–H groups in total. The number of nitriles is 4. The third-order valence-corrected chi connectivity index (χ3v) is 13.2. The lowest BCUT2D eigenvalue weighted by Crippen LogP contribution is -2.09. The molecule has 0 aliphatic heterocycles. The van der Waals surface area contributed by atoms with Gasteiger partial charge in [-0.15, -0.1) is 0 Å². The number of aryl methyl sites for hydroxylation is 2. The molecular formula is C42H20F6N4O4S2. The molecule has 58 heavy (non-hydrogen) atoms. The Morgan fingerprint density at radius 3 is 1.09 bits per heavy atom. The monoisotopic (exact) mass is 822 g/mol. The average Bonchev–Trinajstić information content (AvgIpc) is 3.65. The largest absolute Gasteiger partial charge is 0.416 e. The second-order valence-corrected chi connectivity index (χ2v) is 17.3. The molecular weight excluding hydrogens is 803 g/mol. The van der Waals surface area contributed by atoms with Crippen LogP contribution in [-0.4, -0.2) is 16.8 Å². The highest BCUT2D eigenvalue weighted by Gasteiger charge is 2.37. The SMILES string of the molecule is Cc1cc(C(F)(F)F)cc(S(=O)(=O)c2ccc3c(c2)C(=C(C#N)C#N)c2cc4c(cc2-3)-c2ccc(S(=O)(=O)c3cc(C)cc(C(F)(F)F)c3)cc2C4=C(C#N)C#N)c1. The molecule has 0 fully saturated rings. The van der Waals surface area contributed by atoms with Crippen LogP contribution in [0.2, 0.25) is 0 Å². The van der Waals surface area contributed by atoms with Crippen molar-refractivity contribution in [3.05, 3.63) is 141 Å². The number of allylic oxidation sites excluding steroid dienone is 2. The zero-order valence-corrected chi connectivity index (χ0v) is 31.2. The summed E-state index contributed by atoms with van der Waals surface area (Å²) in [5.74, 6) is 0. The molecule has 286 valence electrons. The molecule has 0 amide bonds. The molecule has 16 heteroatoms. The smallest absolute Gasteiger partial charge is 0.219 e. The minimum Gasteiger partial charge on any atom is -0.219 e. The van der Waals surface area contributed by atoms with E-state index in [4.69, 9.17) is 0 Å². The van der Waals surface area contributed by atoms with Crippen molar-refractivity contribution in [2.24, 2.45) is 0 Å². The Labute approximate surface area is 326 Å². The Hall–Kier alpha value is -6.98. The lowest BCUT2D eigenvalue weighted by atomic mass is 9.93. The van der Waals surface area contributed by atoms with E-state index in [1.165, 1.54) is 32.0 Å². The molecule has 0 aromatic heterocycles. The van der Waals surface area contributed by atoms with Crippen LogP contribution in [0.3, 0.4) is 0 Å². The number of fused-ring (bicyclic) bond motifs is 6. The van der Waals surface area contributed by atoms with E-state index in [1.807, 2.05) is 0 Å². The van der Waals surface area contributed by atoms with Gasteiger partial charge in [0.05, 0.1) is 30.7 Å². The zero-order chi connectivity index (χ0) is 42.3. The van der Waals surface area contributed by atoms with Gasteiger partial charge in [-0.2, -0.15) is 47.4 Å².